The predicted molar refractivity (Wildman–Crippen MR) is 74.2 cm³/mol. The maximum Gasteiger partial charge on any atom is 0.323 e. The van der Waals surface area contributed by atoms with E-state index in [0.29, 0.717) is 12.2 Å². The molecule has 1 rings (SSSR count). The average Bonchev–Trinajstić information content (AvgIpc) is 2.37. The highest BCUT2D eigenvalue weighted by atomic mass is 16.4. The molecule has 0 heterocycles. The van der Waals surface area contributed by atoms with E-state index in [1.807, 2.05) is 19.1 Å². The summed E-state index contributed by atoms with van der Waals surface area (Å²) >= 11 is 0. The fraction of sp³-hybridized carbons (Fsp3) is 0.286. The van der Waals surface area contributed by atoms with Gasteiger partial charge in [0.25, 0.3) is 0 Å². The molecule has 0 aliphatic rings. The monoisotopic (exact) mass is 262 g/mol. The number of carbonyl (C=O) groups is 2. The minimum absolute atomic E-state index is 0.0766. The summed E-state index contributed by atoms with van der Waals surface area (Å²) in [7, 11) is 0. The Balaban J connectivity index is 2.81. The minimum Gasteiger partial charge on any atom is -0.480 e. The Kier molecular flexibility index (Phi) is 5.75. The molecule has 0 spiro atoms. The predicted octanol–water partition coefficient (Wildman–Crippen LogP) is 1.19. The molecular formula is C14H18N2O3. The Hall–Kier alpha value is -2.14. The summed E-state index contributed by atoms with van der Waals surface area (Å²) in [5.41, 5.74) is 1.63. The molecule has 0 aromatic heterocycles. The lowest BCUT2D eigenvalue weighted by atomic mass is 10.2. The van der Waals surface area contributed by atoms with E-state index < -0.39 is 5.97 Å². The summed E-state index contributed by atoms with van der Waals surface area (Å²) in [6.07, 6.45) is 1.64. The topological polar surface area (TPSA) is 69.6 Å². The quantitative estimate of drug-likeness (QED) is 0.572. The number of carboxylic acid groups (broad SMARTS) is 1. The number of carbonyl (C=O) groups excluding carboxylic acids is 1. The summed E-state index contributed by atoms with van der Waals surface area (Å²) in [4.78, 5) is 24.1. The van der Waals surface area contributed by atoms with Crippen LogP contribution in [0.15, 0.2) is 36.9 Å². The van der Waals surface area contributed by atoms with Crippen molar-refractivity contribution in [2.24, 2.45) is 0 Å². The second kappa shape index (κ2) is 7.33. The number of anilines is 1. The number of benzene rings is 1. The van der Waals surface area contributed by atoms with Gasteiger partial charge in [0.1, 0.15) is 6.54 Å². The van der Waals surface area contributed by atoms with Crippen molar-refractivity contribution in [2.75, 3.05) is 24.5 Å². The van der Waals surface area contributed by atoms with Gasteiger partial charge in [-0.1, -0.05) is 23.8 Å². The Morgan fingerprint density at radius 3 is 2.53 bits per heavy atom. The molecule has 0 unspecified atom stereocenters. The Morgan fingerprint density at radius 2 is 2.00 bits per heavy atom. The highest BCUT2D eigenvalue weighted by Gasteiger charge is 2.17. The van der Waals surface area contributed by atoms with Crippen LogP contribution in [0, 0.1) is 6.92 Å². The number of rotatable bonds is 7. The fourth-order valence-electron chi connectivity index (χ4n) is 1.56. The molecule has 0 saturated heterocycles. The maximum absolute atomic E-state index is 12.0. The number of hydrogen-bond donors (Lipinski definition) is 2. The number of nitrogens with zero attached hydrogens (tertiary/aromatic N) is 1. The Morgan fingerprint density at radius 1 is 1.37 bits per heavy atom. The lowest BCUT2D eigenvalue weighted by Crippen LogP contribution is -2.41. The van der Waals surface area contributed by atoms with E-state index in [1.165, 1.54) is 4.90 Å². The van der Waals surface area contributed by atoms with Crippen LogP contribution in [0.2, 0.25) is 0 Å². The normalized spacial score (nSPS) is 9.95. The van der Waals surface area contributed by atoms with Gasteiger partial charge in [-0.2, -0.15) is 0 Å². The first-order chi connectivity index (χ1) is 9.04. The van der Waals surface area contributed by atoms with Crippen LogP contribution in [0.5, 0.6) is 0 Å². The lowest BCUT2D eigenvalue weighted by Gasteiger charge is -2.21. The van der Waals surface area contributed by atoms with Gasteiger partial charge < -0.3 is 15.3 Å². The van der Waals surface area contributed by atoms with E-state index in [4.69, 9.17) is 5.11 Å². The van der Waals surface area contributed by atoms with Crippen molar-refractivity contribution >= 4 is 17.6 Å². The minimum atomic E-state index is -1.04. The lowest BCUT2D eigenvalue weighted by molar-refractivity contribution is -0.136. The first-order valence-electron chi connectivity index (χ1n) is 5.95. The smallest absolute Gasteiger partial charge is 0.323 e. The number of aliphatic carboxylic acids is 1. The van der Waals surface area contributed by atoms with E-state index >= 15 is 0 Å². The third kappa shape index (κ3) is 4.93. The zero-order valence-electron chi connectivity index (χ0n) is 10.9. The molecule has 5 heteroatoms. The average molecular weight is 262 g/mol. The molecule has 1 aromatic rings. The van der Waals surface area contributed by atoms with Gasteiger partial charge in [0.05, 0.1) is 6.54 Å². The first-order valence-corrected chi connectivity index (χ1v) is 5.95. The molecule has 2 N–H and O–H groups in total. The van der Waals surface area contributed by atoms with Crippen molar-refractivity contribution in [3.63, 3.8) is 0 Å². The van der Waals surface area contributed by atoms with Crippen molar-refractivity contribution in [1.29, 1.82) is 0 Å². The van der Waals surface area contributed by atoms with Gasteiger partial charge in [0.15, 0.2) is 0 Å². The van der Waals surface area contributed by atoms with Crippen LogP contribution in [-0.2, 0) is 9.59 Å². The standard InChI is InChI=1S/C14H18N2O3/c1-3-8-15-9-13(17)16(10-14(18)19)12-6-4-11(2)5-7-12/h3-7,15H,1,8-10H2,2H3,(H,18,19). The molecule has 0 saturated carbocycles. The van der Waals surface area contributed by atoms with Crippen LogP contribution in [-0.4, -0.2) is 36.6 Å². The number of carboxylic acids is 1. The molecular weight excluding hydrogens is 244 g/mol. The van der Waals surface area contributed by atoms with Crippen LogP contribution in [0.4, 0.5) is 5.69 Å². The zero-order chi connectivity index (χ0) is 14.3. The summed E-state index contributed by atoms with van der Waals surface area (Å²) < 4.78 is 0. The first kappa shape index (κ1) is 14.9. The number of nitrogens with one attached hydrogen (secondary N) is 1. The van der Waals surface area contributed by atoms with Crippen molar-refractivity contribution in [3.05, 3.63) is 42.5 Å². The summed E-state index contributed by atoms with van der Waals surface area (Å²) in [5.74, 6) is -1.33. The third-order valence-corrected chi connectivity index (χ3v) is 2.50. The Bertz CT molecular complexity index is 454. The summed E-state index contributed by atoms with van der Waals surface area (Å²) in [6, 6.07) is 7.16. The SMILES string of the molecule is C=CCNCC(=O)N(CC(=O)O)c1ccc(C)cc1. The molecule has 102 valence electrons. The second-order valence-corrected chi connectivity index (χ2v) is 4.13. The molecule has 0 aliphatic carbocycles. The van der Waals surface area contributed by atoms with Gasteiger partial charge in [-0.15, -0.1) is 6.58 Å². The second-order valence-electron chi connectivity index (χ2n) is 4.13. The highest BCUT2D eigenvalue weighted by molar-refractivity contribution is 5.98. The fourth-order valence-corrected chi connectivity index (χ4v) is 1.56. The van der Waals surface area contributed by atoms with Crippen LogP contribution >= 0.6 is 0 Å². The van der Waals surface area contributed by atoms with Gasteiger partial charge in [-0.3, -0.25) is 9.59 Å². The van der Waals surface area contributed by atoms with E-state index in [0.717, 1.165) is 5.56 Å². The van der Waals surface area contributed by atoms with E-state index in [9.17, 15) is 9.59 Å². The van der Waals surface area contributed by atoms with Gasteiger partial charge in [0.2, 0.25) is 5.91 Å². The zero-order valence-corrected chi connectivity index (χ0v) is 10.9. The Labute approximate surface area is 112 Å². The van der Waals surface area contributed by atoms with E-state index in [2.05, 4.69) is 11.9 Å². The van der Waals surface area contributed by atoms with Crippen molar-refractivity contribution in [1.82, 2.24) is 5.32 Å². The van der Waals surface area contributed by atoms with Crippen LogP contribution in [0.25, 0.3) is 0 Å². The molecule has 0 fully saturated rings. The third-order valence-electron chi connectivity index (χ3n) is 2.50. The highest BCUT2D eigenvalue weighted by Crippen LogP contribution is 2.15. The van der Waals surface area contributed by atoms with E-state index in [-0.39, 0.29) is 19.0 Å². The van der Waals surface area contributed by atoms with E-state index in [1.54, 1.807) is 18.2 Å². The van der Waals surface area contributed by atoms with Crippen molar-refractivity contribution in [3.8, 4) is 0 Å². The number of hydrogen-bond acceptors (Lipinski definition) is 3. The molecule has 0 aliphatic heterocycles. The maximum atomic E-state index is 12.0. The van der Waals surface area contributed by atoms with Gasteiger partial charge in [-0.05, 0) is 19.1 Å². The van der Waals surface area contributed by atoms with Gasteiger partial charge >= 0.3 is 5.97 Å². The number of aryl methyl sites for hydroxylation is 1. The van der Waals surface area contributed by atoms with Crippen LogP contribution in [0.3, 0.4) is 0 Å². The molecule has 0 bridgehead atoms. The molecule has 5 nitrogen and oxygen atoms in total. The number of amides is 1. The molecule has 0 radical (unpaired) electrons. The molecule has 19 heavy (non-hydrogen) atoms. The summed E-state index contributed by atoms with van der Waals surface area (Å²) in [5, 5.41) is 11.8. The van der Waals surface area contributed by atoms with Gasteiger partial charge in [-0.25, -0.2) is 0 Å². The van der Waals surface area contributed by atoms with Crippen molar-refractivity contribution in [2.45, 2.75) is 6.92 Å². The molecule has 1 amide bonds. The summed E-state index contributed by atoms with van der Waals surface area (Å²) in [6.45, 7) is 5.69. The molecule has 1 aromatic carbocycles. The molecule has 0 atom stereocenters. The van der Waals surface area contributed by atoms with Gasteiger partial charge in [0, 0.05) is 12.2 Å². The van der Waals surface area contributed by atoms with Crippen LogP contribution in [0.1, 0.15) is 5.56 Å². The van der Waals surface area contributed by atoms with Crippen LogP contribution < -0.4 is 10.2 Å². The van der Waals surface area contributed by atoms with Crippen molar-refractivity contribution < 1.29 is 14.7 Å². The largest absolute Gasteiger partial charge is 0.480 e.